The number of nitrogens with zero attached hydrogens (tertiary/aromatic N) is 3. The first-order valence-corrected chi connectivity index (χ1v) is 10.9. The number of H-pyrrole nitrogens is 1. The van der Waals surface area contributed by atoms with Crippen molar-refractivity contribution >= 4 is 35.1 Å². The maximum atomic E-state index is 12.4. The van der Waals surface area contributed by atoms with Crippen LogP contribution < -0.4 is 0 Å². The lowest BCUT2D eigenvalue weighted by Crippen LogP contribution is -2.50. The molecule has 7 nitrogen and oxygen atoms in total. The number of carbonyl (C=O) groups is 2. The Kier molecular flexibility index (Phi) is 6.29. The van der Waals surface area contributed by atoms with Gasteiger partial charge in [-0.1, -0.05) is 23.2 Å². The van der Waals surface area contributed by atoms with E-state index in [0.717, 1.165) is 36.9 Å². The number of rotatable bonds is 6. The van der Waals surface area contributed by atoms with Crippen molar-refractivity contribution in [3.05, 3.63) is 45.7 Å². The predicted molar refractivity (Wildman–Crippen MR) is 112 cm³/mol. The first-order chi connectivity index (χ1) is 14.4. The van der Waals surface area contributed by atoms with Crippen molar-refractivity contribution < 1.29 is 14.3 Å². The number of ketones is 1. The van der Waals surface area contributed by atoms with Gasteiger partial charge in [0.25, 0.3) is 0 Å². The van der Waals surface area contributed by atoms with Gasteiger partial charge in [-0.25, -0.2) is 4.79 Å². The van der Waals surface area contributed by atoms with Gasteiger partial charge in [0.1, 0.15) is 12.4 Å². The van der Waals surface area contributed by atoms with Gasteiger partial charge in [0, 0.05) is 35.5 Å². The van der Waals surface area contributed by atoms with Crippen LogP contribution in [0.1, 0.15) is 43.4 Å². The van der Waals surface area contributed by atoms with E-state index in [9.17, 15) is 9.59 Å². The summed E-state index contributed by atoms with van der Waals surface area (Å²) in [5.41, 5.74) is 1.79. The molecule has 160 valence electrons. The average Bonchev–Trinajstić information content (AvgIpc) is 3.21. The lowest BCUT2D eigenvalue weighted by atomic mass is 9.56. The molecular formula is C21H24Cl2N4O3. The van der Waals surface area contributed by atoms with Crippen LogP contribution in [0.3, 0.4) is 0 Å². The molecule has 1 aromatic carbocycles. The molecule has 1 amide bonds. The third-order valence-electron chi connectivity index (χ3n) is 6.27. The number of Topliss-reactive ketones (excluding diaryl/α,β-unsaturated/α-hetero) is 1. The summed E-state index contributed by atoms with van der Waals surface area (Å²) in [4.78, 5) is 26.6. The number of amides is 1. The summed E-state index contributed by atoms with van der Waals surface area (Å²) < 4.78 is 5.43. The van der Waals surface area contributed by atoms with Crippen LogP contribution in [0.4, 0.5) is 4.79 Å². The number of likely N-dealkylation sites (tertiary alicyclic amines) is 1. The highest BCUT2D eigenvalue weighted by molar-refractivity contribution is 6.34. The molecule has 2 heterocycles. The van der Waals surface area contributed by atoms with Gasteiger partial charge in [-0.3, -0.25) is 4.79 Å². The molecule has 1 aliphatic heterocycles. The molecule has 2 fully saturated rings. The molecule has 9 heteroatoms. The van der Waals surface area contributed by atoms with Crippen molar-refractivity contribution in [2.45, 2.75) is 45.1 Å². The van der Waals surface area contributed by atoms with E-state index in [1.165, 1.54) is 0 Å². The Balaban J connectivity index is 1.18. The van der Waals surface area contributed by atoms with Gasteiger partial charge >= 0.3 is 6.09 Å². The Morgan fingerprint density at radius 3 is 2.50 bits per heavy atom. The summed E-state index contributed by atoms with van der Waals surface area (Å²) in [7, 11) is 0. The van der Waals surface area contributed by atoms with Crippen molar-refractivity contribution in [1.29, 1.82) is 0 Å². The molecule has 4 rings (SSSR count). The molecule has 2 aromatic rings. The number of nitrogens with one attached hydrogen (secondary N) is 1. The van der Waals surface area contributed by atoms with Crippen LogP contribution in [0.25, 0.3) is 0 Å². The van der Waals surface area contributed by atoms with Crippen molar-refractivity contribution in [1.82, 2.24) is 20.3 Å². The van der Waals surface area contributed by atoms with Crippen molar-refractivity contribution in [3.8, 4) is 0 Å². The second kappa shape index (κ2) is 8.94. The number of aryl methyl sites for hydroxylation is 1. The van der Waals surface area contributed by atoms with E-state index < -0.39 is 0 Å². The molecule has 1 saturated heterocycles. The molecule has 1 aromatic heterocycles. The summed E-state index contributed by atoms with van der Waals surface area (Å²) in [6, 6.07) is 5.11. The quantitative estimate of drug-likeness (QED) is 0.702. The van der Waals surface area contributed by atoms with Crippen molar-refractivity contribution in [3.63, 3.8) is 0 Å². The third-order valence-corrected chi connectivity index (χ3v) is 6.71. The van der Waals surface area contributed by atoms with E-state index in [1.807, 2.05) is 0 Å². The number of benzene rings is 1. The second-order valence-electron chi connectivity index (χ2n) is 8.35. The maximum Gasteiger partial charge on any atom is 0.410 e. The zero-order valence-electron chi connectivity index (χ0n) is 16.6. The van der Waals surface area contributed by atoms with Gasteiger partial charge in [-0.15, -0.1) is 0 Å². The molecule has 1 spiro atoms. The van der Waals surface area contributed by atoms with Crippen LogP contribution in [0.5, 0.6) is 0 Å². The number of hydrogen-bond donors (Lipinski definition) is 1. The highest BCUT2D eigenvalue weighted by Crippen LogP contribution is 2.53. The van der Waals surface area contributed by atoms with Gasteiger partial charge < -0.3 is 9.64 Å². The van der Waals surface area contributed by atoms with Crippen molar-refractivity contribution in [2.24, 2.45) is 11.3 Å². The van der Waals surface area contributed by atoms with Crippen LogP contribution in [-0.4, -0.2) is 45.3 Å². The van der Waals surface area contributed by atoms with Crippen molar-refractivity contribution in [2.75, 3.05) is 13.1 Å². The predicted octanol–water partition coefficient (Wildman–Crippen LogP) is 4.44. The van der Waals surface area contributed by atoms with Gasteiger partial charge in [-0.05, 0) is 61.3 Å². The van der Waals surface area contributed by atoms with Gasteiger partial charge in [0.05, 0.1) is 11.9 Å². The molecule has 1 aliphatic carbocycles. The Labute approximate surface area is 185 Å². The third kappa shape index (κ3) is 4.95. The number of aromatic nitrogens is 3. The average molecular weight is 451 g/mol. The molecule has 0 radical (unpaired) electrons. The monoisotopic (exact) mass is 450 g/mol. The van der Waals surface area contributed by atoms with Gasteiger partial charge in [0.2, 0.25) is 0 Å². The highest BCUT2D eigenvalue weighted by Gasteiger charge is 2.48. The fourth-order valence-corrected chi connectivity index (χ4v) is 5.09. The largest absolute Gasteiger partial charge is 0.445 e. The zero-order valence-corrected chi connectivity index (χ0v) is 18.1. The van der Waals surface area contributed by atoms with Gasteiger partial charge in [0.15, 0.2) is 0 Å². The van der Waals surface area contributed by atoms with E-state index in [2.05, 4.69) is 15.4 Å². The zero-order chi connectivity index (χ0) is 21.1. The Hall–Kier alpha value is -2.12. The SMILES string of the molecule is O=C(CCc1cn[nH]n1)C1CC2(CCN(C(=O)OCc3cc(Cl)cc(Cl)c3)CC2)C1. The standard InChI is InChI=1S/C21H24Cl2N4O3/c22-16-7-14(8-17(23)9-16)13-30-20(29)27-5-3-21(4-6-27)10-15(11-21)19(28)2-1-18-12-24-26-25-18/h7-9,12,15H,1-6,10-11,13H2,(H,24,25,26). The number of piperidine rings is 1. The van der Waals surface area contributed by atoms with Crippen LogP contribution >= 0.6 is 23.2 Å². The van der Waals surface area contributed by atoms with E-state index in [1.54, 1.807) is 29.3 Å². The molecule has 0 atom stereocenters. The van der Waals surface area contributed by atoms with Crippen LogP contribution in [-0.2, 0) is 22.6 Å². The molecule has 1 N–H and O–H groups in total. The molecule has 0 unspecified atom stereocenters. The first-order valence-electron chi connectivity index (χ1n) is 10.2. The molecule has 1 saturated carbocycles. The number of ether oxygens (including phenoxy) is 1. The smallest absolute Gasteiger partial charge is 0.410 e. The lowest BCUT2D eigenvalue weighted by molar-refractivity contribution is -0.132. The van der Waals surface area contributed by atoms with E-state index in [-0.39, 0.29) is 24.0 Å². The summed E-state index contributed by atoms with van der Waals surface area (Å²) in [5, 5.41) is 11.4. The first kappa shape index (κ1) is 21.1. The van der Waals surface area contributed by atoms with Crippen LogP contribution in [0.2, 0.25) is 10.0 Å². The minimum absolute atomic E-state index is 0.142. The fourth-order valence-electron chi connectivity index (χ4n) is 4.52. The fraction of sp³-hybridized carbons (Fsp3) is 0.524. The molecular weight excluding hydrogens is 427 g/mol. The Morgan fingerprint density at radius 1 is 1.17 bits per heavy atom. The lowest BCUT2D eigenvalue weighted by Gasteiger charge is -2.51. The maximum absolute atomic E-state index is 12.4. The summed E-state index contributed by atoms with van der Waals surface area (Å²) >= 11 is 12.0. The minimum Gasteiger partial charge on any atom is -0.445 e. The summed E-state index contributed by atoms with van der Waals surface area (Å²) in [5.74, 6) is 0.452. The van der Waals surface area contributed by atoms with E-state index in [0.29, 0.717) is 41.8 Å². The molecule has 0 bridgehead atoms. The van der Waals surface area contributed by atoms with Crippen LogP contribution in [0, 0.1) is 11.3 Å². The van der Waals surface area contributed by atoms with E-state index in [4.69, 9.17) is 27.9 Å². The number of hydrogen-bond acceptors (Lipinski definition) is 5. The minimum atomic E-state index is -0.319. The van der Waals surface area contributed by atoms with Gasteiger partial charge in [-0.2, -0.15) is 15.4 Å². The van der Waals surface area contributed by atoms with Crippen LogP contribution in [0.15, 0.2) is 24.4 Å². The topological polar surface area (TPSA) is 88.2 Å². The Bertz CT molecular complexity index is 883. The number of halogens is 2. The molecule has 30 heavy (non-hydrogen) atoms. The van der Waals surface area contributed by atoms with E-state index >= 15 is 0 Å². The Morgan fingerprint density at radius 2 is 1.87 bits per heavy atom. The molecule has 2 aliphatic rings. The highest BCUT2D eigenvalue weighted by atomic mass is 35.5. The normalized spacial score (nSPS) is 18.3. The number of aromatic amines is 1. The summed E-state index contributed by atoms with van der Waals surface area (Å²) in [6.45, 7) is 1.47. The summed E-state index contributed by atoms with van der Waals surface area (Å²) in [6.07, 6.45) is 6.17. The second-order valence-corrected chi connectivity index (χ2v) is 9.23. The number of carbonyl (C=O) groups excluding carboxylic acids is 2.